The molecule has 2 unspecified atom stereocenters. The van der Waals surface area contributed by atoms with Crippen LogP contribution in [0, 0.1) is 5.92 Å². The fourth-order valence-electron chi connectivity index (χ4n) is 2.53. The van der Waals surface area contributed by atoms with Gasteiger partial charge in [-0.05, 0) is 45.7 Å². The number of guanidine groups is 1. The van der Waals surface area contributed by atoms with Crippen molar-refractivity contribution in [3.8, 4) is 0 Å². The molecule has 1 rings (SSSR count). The topological polar surface area (TPSA) is 82.8 Å². The molecule has 1 heterocycles. The van der Waals surface area contributed by atoms with Gasteiger partial charge >= 0.3 is 0 Å². The maximum Gasteiger partial charge on any atom is 0.221 e. The van der Waals surface area contributed by atoms with Crippen molar-refractivity contribution in [3.63, 3.8) is 0 Å². The van der Waals surface area contributed by atoms with Crippen molar-refractivity contribution in [3.05, 3.63) is 0 Å². The van der Waals surface area contributed by atoms with E-state index in [0.29, 0.717) is 6.04 Å². The quantitative estimate of drug-likeness (QED) is 0.248. The van der Waals surface area contributed by atoms with Crippen molar-refractivity contribution in [2.24, 2.45) is 16.6 Å². The van der Waals surface area contributed by atoms with Crippen molar-refractivity contribution in [1.29, 1.82) is 0 Å². The number of rotatable bonds is 7. The van der Waals surface area contributed by atoms with Crippen LogP contribution in [0.3, 0.4) is 0 Å². The molecule has 6 nitrogen and oxygen atoms in total. The van der Waals surface area contributed by atoms with E-state index >= 15 is 0 Å². The van der Waals surface area contributed by atoms with Crippen LogP contribution in [0.2, 0.25) is 0 Å². The first-order valence-electron chi connectivity index (χ1n) is 8.05. The number of nitrogens with zero attached hydrogens (tertiary/aromatic N) is 2. The number of nitrogens with one attached hydrogen (secondary N) is 2. The molecule has 2 atom stereocenters. The summed E-state index contributed by atoms with van der Waals surface area (Å²) in [4.78, 5) is 17.8. The minimum absolute atomic E-state index is 0. The van der Waals surface area contributed by atoms with Crippen molar-refractivity contribution < 1.29 is 4.79 Å². The maximum atomic E-state index is 11.2. The fraction of sp³-hybridized carbons (Fsp3) is 0.867. The summed E-state index contributed by atoms with van der Waals surface area (Å²) in [6.07, 6.45) is 4.11. The molecule has 1 amide bonds. The van der Waals surface area contributed by atoms with Gasteiger partial charge < -0.3 is 21.3 Å². The Balaban J connectivity index is 0.00000441. The molecule has 130 valence electrons. The summed E-state index contributed by atoms with van der Waals surface area (Å²) in [5, 5.41) is 6.67. The lowest BCUT2D eigenvalue weighted by atomic mass is 9.97. The summed E-state index contributed by atoms with van der Waals surface area (Å²) in [5.74, 6) is 0.737. The number of likely N-dealkylation sites (tertiary alicyclic amines) is 1. The molecule has 0 bridgehead atoms. The number of aliphatic imine (C=N–C) groups is 1. The molecule has 7 heteroatoms. The third-order valence-electron chi connectivity index (χ3n) is 4.07. The lowest BCUT2D eigenvalue weighted by molar-refractivity contribution is -0.123. The minimum atomic E-state index is -0.156. The highest BCUT2D eigenvalue weighted by Crippen LogP contribution is 2.15. The molecule has 0 aromatic heterocycles. The summed E-state index contributed by atoms with van der Waals surface area (Å²) in [6.45, 7) is 8.06. The SMILES string of the molecule is CCC(C)NC(=NC)NCCCN1CCCC(C(N)=O)C1.I. The molecule has 4 N–H and O–H groups in total. The minimum Gasteiger partial charge on any atom is -0.369 e. The number of nitrogens with two attached hydrogens (primary N) is 1. The van der Waals surface area contributed by atoms with Crippen LogP contribution in [0.25, 0.3) is 0 Å². The van der Waals surface area contributed by atoms with Crippen LogP contribution in [-0.4, -0.2) is 56.0 Å². The highest BCUT2D eigenvalue weighted by molar-refractivity contribution is 14.0. The van der Waals surface area contributed by atoms with Gasteiger partial charge in [-0.15, -0.1) is 24.0 Å². The molecule has 0 aliphatic carbocycles. The van der Waals surface area contributed by atoms with Gasteiger partial charge in [-0.1, -0.05) is 6.92 Å². The van der Waals surface area contributed by atoms with Gasteiger partial charge in [0.2, 0.25) is 5.91 Å². The molecular formula is C15H32IN5O. The molecule has 0 saturated carbocycles. The number of halogens is 1. The van der Waals surface area contributed by atoms with Crippen LogP contribution in [0.15, 0.2) is 4.99 Å². The number of amides is 1. The molecule has 0 aromatic carbocycles. The van der Waals surface area contributed by atoms with E-state index in [1.165, 1.54) is 0 Å². The number of piperidine rings is 1. The van der Waals surface area contributed by atoms with E-state index in [1.54, 1.807) is 7.05 Å². The molecule has 0 aromatic rings. The van der Waals surface area contributed by atoms with Crippen LogP contribution < -0.4 is 16.4 Å². The summed E-state index contributed by atoms with van der Waals surface area (Å²) >= 11 is 0. The average Bonchev–Trinajstić information content (AvgIpc) is 2.50. The molecule has 1 fully saturated rings. The summed E-state index contributed by atoms with van der Waals surface area (Å²) in [5.41, 5.74) is 5.40. The number of hydrogen-bond donors (Lipinski definition) is 3. The van der Waals surface area contributed by atoms with Crippen LogP contribution in [0.5, 0.6) is 0 Å². The van der Waals surface area contributed by atoms with E-state index in [9.17, 15) is 4.79 Å². The van der Waals surface area contributed by atoms with E-state index in [2.05, 4.69) is 34.4 Å². The van der Waals surface area contributed by atoms with Gasteiger partial charge in [0.05, 0.1) is 5.92 Å². The number of hydrogen-bond acceptors (Lipinski definition) is 3. The van der Waals surface area contributed by atoms with Gasteiger partial charge in [0.1, 0.15) is 0 Å². The Morgan fingerprint density at radius 1 is 1.50 bits per heavy atom. The van der Waals surface area contributed by atoms with E-state index in [1.807, 2.05) is 0 Å². The van der Waals surface area contributed by atoms with E-state index in [-0.39, 0.29) is 35.8 Å². The molecule has 0 spiro atoms. The zero-order valence-electron chi connectivity index (χ0n) is 14.1. The maximum absolute atomic E-state index is 11.2. The van der Waals surface area contributed by atoms with E-state index in [0.717, 1.165) is 57.8 Å². The summed E-state index contributed by atoms with van der Waals surface area (Å²) < 4.78 is 0. The molecule has 1 aliphatic rings. The van der Waals surface area contributed by atoms with E-state index < -0.39 is 0 Å². The second-order valence-corrected chi connectivity index (χ2v) is 5.85. The van der Waals surface area contributed by atoms with Crippen molar-refractivity contribution in [1.82, 2.24) is 15.5 Å². The van der Waals surface area contributed by atoms with Gasteiger partial charge in [-0.2, -0.15) is 0 Å². The monoisotopic (exact) mass is 425 g/mol. The van der Waals surface area contributed by atoms with E-state index in [4.69, 9.17) is 5.73 Å². The lowest BCUT2D eigenvalue weighted by Gasteiger charge is -2.31. The van der Waals surface area contributed by atoms with Gasteiger partial charge in [-0.25, -0.2) is 0 Å². The molecule has 1 saturated heterocycles. The smallest absolute Gasteiger partial charge is 0.221 e. The predicted molar refractivity (Wildman–Crippen MR) is 103 cm³/mol. The van der Waals surface area contributed by atoms with Crippen LogP contribution in [-0.2, 0) is 4.79 Å². The first kappa shape index (κ1) is 21.4. The fourth-order valence-corrected chi connectivity index (χ4v) is 2.53. The number of primary amides is 1. The van der Waals surface area contributed by atoms with Crippen molar-refractivity contribution in [2.45, 2.75) is 45.6 Å². The second-order valence-electron chi connectivity index (χ2n) is 5.85. The first-order valence-corrected chi connectivity index (χ1v) is 8.05. The lowest BCUT2D eigenvalue weighted by Crippen LogP contribution is -2.44. The van der Waals surface area contributed by atoms with Gasteiger partial charge in [0.25, 0.3) is 0 Å². The standard InChI is InChI=1S/C15H31N5O.HI/c1-4-12(2)19-15(17-3)18-8-6-10-20-9-5-7-13(11-20)14(16)21;/h12-13H,4-11H2,1-3H3,(H2,16,21)(H2,17,18,19);1H. The molecule has 22 heavy (non-hydrogen) atoms. The van der Waals surface area contributed by atoms with Crippen LogP contribution in [0.1, 0.15) is 39.5 Å². The third-order valence-corrected chi connectivity index (χ3v) is 4.07. The number of carbonyl (C=O) groups excluding carboxylic acids is 1. The first-order chi connectivity index (χ1) is 10.1. The Kier molecular flexibility index (Phi) is 11.6. The van der Waals surface area contributed by atoms with Crippen molar-refractivity contribution in [2.75, 3.05) is 33.2 Å². The normalized spacial score (nSPS) is 20.9. The third kappa shape index (κ3) is 8.17. The Morgan fingerprint density at radius 2 is 2.23 bits per heavy atom. The molecule has 1 aliphatic heterocycles. The Labute approximate surface area is 151 Å². The summed E-state index contributed by atoms with van der Waals surface area (Å²) in [7, 11) is 1.79. The average molecular weight is 425 g/mol. The second kappa shape index (κ2) is 11.9. The summed E-state index contributed by atoms with van der Waals surface area (Å²) in [6, 6.07) is 0.426. The van der Waals surface area contributed by atoms with Crippen LogP contribution in [0.4, 0.5) is 0 Å². The Hall–Kier alpha value is -0.570. The largest absolute Gasteiger partial charge is 0.369 e. The molecular weight excluding hydrogens is 393 g/mol. The van der Waals surface area contributed by atoms with Gasteiger partial charge in [0.15, 0.2) is 5.96 Å². The van der Waals surface area contributed by atoms with Gasteiger partial charge in [0, 0.05) is 26.2 Å². The zero-order chi connectivity index (χ0) is 15.7. The Morgan fingerprint density at radius 3 is 2.82 bits per heavy atom. The highest BCUT2D eigenvalue weighted by atomic mass is 127. The zero-order valence-corrected chi connectivity index (χ0v) is 16.4. The van der Waals surface area contributed by atoms with Gasteiger partial charge in [-0.3, -0.25) is 9.79 Å². The Bertz CT molecular complexity index is 351. The number of carbonyl (C=O) groups is 1. The highest BCUT2D eigenvalue weighted by Gasteiger charge is 2.23. The molecule has 0 radical (unpaired) electrons. The predicted octanol–water partition coefficient (Wildman–Crippen LogP) is 1.16. The van der Waals surface area contributed by atoms with Crippen molar-refractivity contribution >= 4 is 35.8 Å². The van der Waals surface area contributed by atoms with Crippen LogP contribution >= 0.6 is 24.0 Å².